The highest BCUT2D eigenvalue weighted by Gasteiger charge is 2.34. The number of alkyl halides is 3. The van der Waals surface area contributed by atoms with Crippen molar-refractivity contribution in [2.45, 2.75) is 18.6 Å². The van der Waals surface area contributed by atoms with Gasteiger partial charge in [-0.2, -0.15) is 13.2 Å². The van der Waals surface area contributed by atoms with E-state index in [9.17, 15) is 17.6 Å². The van der Waals surface area contributed by atoms with Crippen LogP contribution >= 0.6 is 0 Å². The molecule has 94 valence electrons. The lowest BCUT2D eigenvalue weighted by Gasteiger charge is -2.15. The van der Waals surface area contributed by atoms with Crippen molar-refractivity contribution in [1.82, 2.24) is 5.32 Å². The molecule has 1 aromatic rings. The van der Waals surface area contributed by atoms with E-state index in [4.69, 9.17) is 0 Å². The summed E-state index contributed by atoms with van der Waals surface area (Å²) in [5.74, 6) is -1.24. The predicted molar refractivity (Wildman–Crippen MR) is 56.3 cm³/mol. The van der Waals surface area contributed by atoms with Gasteiger partial charge in [-0.3, -0.25) is 0 Å². The van der Waals surface area contributed by atoms with Gasteiger partial charge in [0.2, 0.25) is 0 Å². The first-order valence-electron chi connectivity index (χ1n) is 5.31. The van der Waals surface area contributed by atoms with Gasteiger partial charge in [0, 0.05) is 18.3 Å². The molecular weight excluding hydrogens is 236 g/mol. The summed E-state index contributed by atoms with van der Waals surface area (Å²) < 4.78 is 50.4. The van der Waals surface area contributed by atoms with Crippen molar-refractivity contribution in [3.8, 4) is 0 Å². The van der Waals surface area contributed by atoms with Crippen LogP contribution in [0, 0.1) is 5.82 Å². The monoisotopic (exact) mass is 248 g/mol. The Morgan fingerprint density at radius 1 is 1.29 bits per heavy atom. The smallest absolute Gasteiger partial charge is 0.381 e. The number of nitrogens with one attached hydrogen (secondary N) is 2. The maximum Gasteiger partial charge on any atom is 0.419 e. The fourth-order valence-electron chi connectivity index (χ4n) is 1.85. The zero-order valence-electron chi connectivity index (χ0n) is 8.94. The lowest BCUT2D eigenvalue weighted by molar-refractivity contribution is -0.139. The van der Waals surface area contributed by atoms with Gasteiger partial charge in [0.1, 0.15) is 5.82 Å². The summed E-state index contributed by atoms with van der Waals surface area (Å²) in [6.07, 6.45) is -3.81. The summed E-state index contributed by atoms with van der Waals surface area (Å²) in [6.45, 7) is 1.55. The molecule has 0 aliphatic carbocycles. The number of anilines is 1. The molecule has 2 N–H and O–H groups in total. The summed E-state index contributed by atoms with van der Waals surface area (Å²) in [6, 6.07) is 3.07. The second kappa shape index (κ2) is 4.52. The van der Waals surface area contributed by atoms with Crippen LogP contribution in [0.5, 0.6) is 0 Å². The zero-order chi connectivity index (χ0) is 12.5. The van der Waals surface area contributed by atoms with Crippen molar-refractivity contribution >= 4 is 5.69 Å². The van der Waals surface area contributed by atoms with Gasteiger partial charge in [-0.25, -0.2) is 4.39 Å². The maximum absolute atomic E-state index is 13.0. The Bertz CT molecular complexity index is 397. The normalized spacial score (nSPS) is 20.6. The first-order valence-corrected chi connectivity index (χ1v) is 5.31. The Hall–Kier alpha value is -1.30. The van der Waals surface area contributed by atoms with Gasteiger partial charge in [-0.05, 0) is 31.2 Å². The van der Waals surface area contributed by atoms with Crippen molar-refractivity contribution in [1.29, 1.82) is 0 Å². The first kappa shape index (κ1) is 12.2. The van der Waals surface area contributed by atoms with Crippen LogP contribution < -0.4 is 10.6 Å². The van der Waals surface area contributed by atoms with Gasteiger partial charge < -0.3 is 10.6 Å². The van der Waals surface area contributed by atoms with Gasteiger partial charge in [0.15, 0.2) is 0 Å². The van der Waals surface area contributed by atoms with Crippen LogP contribution in [0.4, 0.5) is 23.2 Å². The Labute approximate surface area is 96.0 Å². The molecular formula is C11H12F4N2. The lowest BCUT2D eigenvalue weighted by atomic mass is 10.1. The van der Waals surface area contributed by atoms with Gasteiger partial charge >= 0.3 is 6.18 Å². The van der Waals surface area contributed by atoms with Gasteiger partial charge in [0.25, 0.3) is 0 Å². The second-order valence-electron chi connectivity index (χ2n) is 4.03. The molecule has 1 unspecified atom stereocenters. The largest absolute Gasteiger partial charge is 0.419 e. The summed E-state index contributed by atoms with van der Waals surface area (Å²) in [7, 11) is 0. The number of hydrogen-bond donors (Lipinski definition) is 2. The van der Waals surface area contributed by atoms with E-state index in [2.05, 4.69) is 10.6 Å². The minimum Gasteiger partial charge on any atom is -0.381 e. The molecule has 1 atom stereocenters. The van der Waals surface area contributed by atoms with Gasteiger partial charge in [-0.1, -0.05) is 0 Å². The molecule has 2 nitrogen and oxygen atoms in total. The molecule has 17 heavy (non-hydrogen) atoms. The third kappa shape index (κ3) is 2.88. The highest BCUT2D eigenvalue weighted by Crippen LogP contribution is 2.33. The van der Waals surface area contributed by atoms with E-state index in [1.807, 2.05) is 0 Å². The second-order valence-corrected chi connectivity index (χ2v) is 4.03. The SMILES string of the molecule is Fc1ccc(NC2CCNC2)cc1C(F)(F)F. The lowest BCUT2D eigenvalue weighted by Crippen LogP contribution is -2.22. The molecule has 1 aliphatic heterocycles. The minimum absolute atomic E-state index is 0.0987. The fourth-order valence-corrected chi connectivity index (χ4v) is 1.85. The van der Waals surface area contributed by atoms with E-state index < -0.39 is 17.6 Å². The molecule has 0 saturated carbocycles. The molecule has 1 aliphatic rings. The molecule has 1 fully saturated rings. The third-order valence-electron chi connectivity index (χ3n) is 2.70. The number of halogens is 4. The van der Waals surface area contributed by atoms with E-state index in [1.165, 1.54) is 6.07 Å². The molecule has 0 amide bonds. The van der Waals surface area contributed by atoms with Crippen LogP contribution in [-0.4, -0.2) is 19.1 Å². The van der Waals surface area contributed by atoms with Crippen molar-refractivity contribution in [3.05, 3.63) is 29.6 Å². The maximum atomic E-state index is 13.0. The van der Waals surface area contributed by atoms with Crippen molar-refractivity contribution in [2.24, 2.45) is 0 Å². The summed E-state index contributed by atoms with van der Waals surface area (Å²) in [5, 5.41) is 6.04. The minimum atomic E-state index is -4.66. The molecule has 0 bridgehead atoms. The average molecular weight is 248 g/mol. The molecule has 6 heteroatoms. The Balaban J connectivity index is 2.18. The quantitative estimate of drug-likeness (QED) is 0.786. The zero-order valence-corrected chi connectivity index (χ0v) is 8.94. The van der Waals surface area contributed by atoms with Crippen LogP contribution in [-0.2, 0) is 6.18 Å². The molecule has 0 spiro atoms. The van der Waals surface area contributed by atoms with Crippen LogP contribution in [0.1, 0.15) is 12.0 Å². The van der Waals surface area contributed by atoms with Crippen LogP contribution in [0.3, 0.4) is 0 Å². The van der Waals surface area contributed by atoms with E-state index >= 15 is 0 Å². The highest BCUT2D eigenvalue weighted by molar-refractivity contribution is 5.48. The van der Waals surface area contributed by atoms with Crippen molar-refractivity contribution in [3.63, 3.8) is 0 Å². The molecule has 0 radical (unpaired) electrons. The summed E-state index contributed by atoms with van der Waals surface area (Å²) in [5.41, 5.74) is -0.930. The number of rotatable bonds is 2. The predicted octanol–water partition coefficient (Wildman–Crippen LogP) is 2.62. The third-order valence-corrected chi connectivity index (χ3v) is 2.70. The average Bonchev–Trinajstić information content (AvgIpc) is 2.72. The van der Waals surface area contributed by atoms with Crippen molar-refractivity contribution < 1.29 is 17.6 Å². The first-order chi connectivity index (χ1) is 7.97. The van der Waals surface area contributed by atoms with E-state index in [-0.39, 0.29) is 6.04 Å². The summed E-state index contributed by atoms with van der Waals surface area (Å²) >= 11 is 0. The van der Waals surface area contributed by atoms with E-state index in [1.54, 1.807) is 0 Å². The molecule has 1 aromatic carbocycles. The van der Waals surface area contributed by atoms with Gasteiger partial charge in [0.05, 0.1) is 5.56 Å². The van der Waals surface area contributed by atoms with E-state index in [0.29, 0.717) is 12.2 Å². The fraction of sp³-hybridized carbons (Fsp3) is 0.455. The van der Waals surface area contributed by atoms with Gasteiger partial charge in [-0.15, -0.1) is 0 Å². The molecule has 2 rings (SSSR count). The Morgan fingerprint density at radius 3 is 2.65 bits per heavy atom. The number of hydrogen-bond acceptors (Lipinski definition) is 2. The topological polar surface area (TPSA) is 24.1 Å². The van der Waals surface area contributed by atoms with Crippen LogP contribution in [0.2, 0.25) is 0 Å². The molecule has 1 saturated heterocycles. The van der Waals surface area contributed by atoms with E-state index in [0.717, 1.165) is 25.1 Å². The standard InChI is InChI=1S/C11H12F4N2/c12-10-2-1-7(5-9(10)11(13,14)15)17-8-3-4-16-6-8/h1-2,5,8,16-17H,3-4,6H2. The van der Waals surface area contributed by atoms with Crippen LogP contribution in [0.25, 0.3) is 0 Å². The molecule has 0 aromatic heterocycles. The summed E-state index contributed by atoms with van der Waals surface area (Å²) in [4.78, 5) is 0. The highest BCUT2D eigenvalue weighted by atomic mass is 19.4. The van der Waals surface area contributed by atoms with Crippen molar-refractivity contribution in [2.75, 3.05) is 18.4 Å². The Morgan fingerprint density at radius 2 is 2.06 bits per heavy atom. The Kier molecular flexibility index (Phi) is 3.24. The van der Waals surface area contributed by atoms with Crippen LogP contribution in [0.15, 0.2) is 18.2 Å². The molecule has 1 heterocycles. The number of benzene rings is 1.